The molecule has 2 aromatic rings. The fraction of sp³-hybridized carbons (Fsp3) is 0.143. The van der Waals surface area contributed by atoms with E-state index < -0.39 is 0 Å². The van der Waals surface area contributed by atoms with Gasteiger partial charge in [0.1, 0.15) is 5.69 Å². The summed E-state index contributed by atoms with van der Waals surface area (Å²) in [5, 5.41) is 3.63. The van der Waals surface area contributed by atoms with Crippen LogP contribution in [0, 0.1) is 6.92 Å². The summed E-state index contributed by atoms with van der Waals surface area (Å²) in [7, 11) is 0. The van der Waals surface area contributed by atoms with E-state index in [-0.39, 0.29) is 0 Å². The standard InChI is InChI=1S/C7H6N4O/c1-5-2-9-6(3-8-5)7-10-4-12-11-7/h2-4H,1H3. The van der Waals surface area contributed by atoms with Crippen molar-refractivity contribution in [2.24, 2.45) is 0 Å². The molecule has 0 unspecified atom stereocenters. The predicted octanol–water partition coefficient (Wildman–Crippen LogP) is 0.835. The molecule has 0 aliphatic rings. The van der Waals surface area contributed by atoms with Crippen LogP contribution in [0.25, 0.3) is 11.5 Å². The maximum Gasteiger partial charge on any atom is 0.222 e. The molecule has 0 amide bonds. The third kappa shape index (κ3) is 1.16. The van der Waals surface area contributed by atoms with Crippen LogP contribution in [0.2, 0.25) is 0 Å². The van der Waals surface area contributed by atoms with Crippen molar-refractivity contribution >= 4 is 0 Å². The Morgan fingerprint density at radius 1 is 1.17 bits per heavy atom. The van der Waals surface area contributed by atoms with Gasteiger partial charge >= 0.3 is 0 Å². The van der Waals surface area contributed by atoms with Crippen LogP contribution in [-0.2, 0) is 0 Å². The summed E-state index contributed by atoms with van der Waals surface area (Å²) in [6, 6.07) is 0. The molecule has 0 spiro atoms. The number of hydrogen-bond acceptors (Lipinski definition) is 5. The summed E-state index contributed by atoms with van der Waals surface area (Å²) in [5.41, 5.74) is 1.48. The van der Waals surface area contributed by atoms with E-state index in [1.165, 1.54) is 6.39 Å². The maximum absolute atomic E-state index is 4.57. The molecule has 0 saturated heterocycles. The van der Waals surface area contributed by atoms with E-state index in [0.717, 1.165) is 5.69 Å². The highest BCUT2D eigenvalue weighted by Crippen LogP contribution is 2.08. The molecule has 60 valence electrons. The molecular formula is C7H6N4O. The van der Waals surface area contributed by atoms with E-state index in [1.54, 1.807) is 12.4 Å². The molecule has 0 radical (unpaired) electrons. The normalized spacial score (nSPS) is 10.1. The van der Waals surface area contributed by atoms with Gasteiger partial charge in [-0.1, -0.05) is 5.16 Å². The molecular weight excluding hydrogens is 156 g/mol. The summed E-state index contributed by atoms with van der Waals surface area (Å²) < 4.78 is 4.57. The van der Waals surface area contributed by atoms with Crippen LogP contribution in [0.4, 0.5) is 0 Å². The minimum absolute atomic E-state index is 0.461. The average molecular weight is 162 g/mol. The number of aryl methyl sites for hydroxylation is 1. The zero-order valence-corrected chi connectivity index (χ0v) is 6.43. The first kappa shape index (κ1) is 6.90. The lowest BCUT2D eigenvalue weighted by Gasteiger charge is -1.92. The molecule has 0 atom stereocenters. The van der Waals surface area contributed by atoms with Crippen LogP contribution in [-0.4, -0.2) is 20.1 Å². The Bertz CT molecular complexity index is 353. The molecule has 2 aromatic heterocycles. The van der Waals surface area contributed by atoms with Gasteiger partial charge in [-0.05, 0) is 6.92 Å². The van der Waals surface area contributed by atoms with Gasteiger partial charge in [0.25, 0.3) is 0 Å². The third-order valence-corrected chi connectivity index (χ3v) is 1.37. The third-order valence-electron chi connectivity index (χ3n) is 1.37. The molecule has 0 saturated carbocycles. The molecule has 5 heteroatoms. The lowest BCUT2D eigenvalue weighted by Crippen LogP contribution is -1.88. The molecule has 2 rings (SSSR count). The van der Waals surface area contributed by atoms with E-state index >= 15 is 0 Å². The highest BCUT2D eigenvalue weighted by Gasteiger charge is 2.03. The second-order valence-corrected chi connectivity index (χ2v) is 2.30. The Labute approximate surface area is 68.5 Å². The van der Waals surface area contributed by atoms with Gasteiger partial charge in [0.15, 0.2) is 0 Å². The molecule has 0 aliphatic carbocycles. The van der Waals surface area contributed by atoms with Gasteiger partial charge < -0.3 is 4.52 Å². The van der Waals surface area contributed by atoms with E-state index in [9.17, 15) is 0 Å². The Morgan fingerprint density at radius 2 is 2.08 bits per heavy atom. The van der Waals surface area contributed by atoms with E-state index in [0.29, 0.717) is 11.5 Å². The fourth-order valence-corrected chi connectivity index (χ4v) is 0.792. The first-order chi connectivity index (χ1) is 5.86. The largest absolute Gasteiger partial charge is 0.342 e. The summed E-state index contributed by atoms with van der Waals surface area (Å²) in [6.45, 7) is 1.87. The number of rotatable bonds is 1. The maximum atomic E-state index is 4.57. The van der Waals surface area contributed by atoms with Crippen molar-refractivity contribution in [2.75, 3.05) is 0 Å². The molecule has 12 heavy (non-hydrogen) atoms. The molecule has 0 fully saturated rings. The van der Waals surface area contributed by atoms with Gasteiger partial charge in [0, 0.05) is 6.20 Å². The smallest absolute Gasteiger partial charge is 0.222 e. The summed E-state index contributed by atoms with van der Waals surface area (Å²) >= 11 is 0. The quantitative estimate of drug-likeness (QED) is 0.621. The van der Waals surface area contributed by atoms with E-state index in [2.05, 4.69) is 24.6 Å². The van der Waals surface area contributed by atoms with Gasteiger partial charge in [-0.3, -0.25) is 4.98 Å². The summed E-state index contributed by atoms with van der Waals surface area (Å²) in [4.78, 5) is 12.0. The van der Waals surface area contributed by atoms with Gasteiger partial charge in [0.05, 0.1) is 11.9 Å². The second-order valence-electron chi connectivity index (χ2n) is 2.30. The van der Waals surface area contributed by atoms with Crippen molar-refractivity contribution in [1.29, 1.82) is 0 Å². The van der Waals surface area contributed by atoms with Crippen LogP contribution in [0.5, 0.6) is 0 Å². The minimum Gasteiger partial charge on any atom is -0.342 e. The highest BCUT2D eigenvalue weighted by atomic mass is 16.5. The van der Waals surface area contributed by atoms with Crippen molar-refractivity contribution in [2.45, 2.75) is 6.92 Å². The average Bonchev–Trinajstić information content (AvgIpc) is 2.58. The van der Waals surface area contributed by atoms with E-state index in [1.807, 2.05) is 6.92 Å². The molecule has 5 nitrogen and oxygen atoms in total. The lowest BCUT2D eigenvalue weighted by atomic mass is 10.4. The lowest BCUT2D eigenvalue weighted by molar-refractivity contribution is 0.418. The van der Waals surface area contributed by atoms with Crippen molar-refractivity contribution in [3.63, 3.8) is 0 Å². The number of aromatic nitrogens is 4. The fourth-order valence-electron chi connectivity index (χ4n) is 0.792. The first-order valence-electron chi connectivity index (χ1n) is 3.41. The number of hydrogen-bond donors (Lipinski definition) is 0. The molecule has 2 heterocycles. The van der Waals surface area contributed by atoms with Crippen LogP contribution < -0.4 is 0 Å². The highest BCUT2D eigenvalue weighted by molar-refractivity contribution is 5.45. The minimum atomic E-state index is 0.461. The van der Waals surface area contributed by atoms with Crippen molar-refractivity contribution in [1.82, 2.24) is 20.1 Å². The predicted molar refractivity (Wildman–Crippen MR) is 40.1 cm³/mol. The molecule has 0 aromatic carbocycles. The SMILES string of the molecule is Cc1cnc(-c2ncon2)cn1. The van der Waals surface area contributed by atoms with Crippen LogP contribution in [0.3, 0.4) is 0 Å². The first-order valence-corrected chi connectivity index (χ1v) is 3.41. The number of nitrogens with zero attached hydrogens (tertiary/aromatic N) is 4. The van der Waals surface area contributed by atoms with Gasteiger partial charge in [0.2, 0.25) is 12.2 Å². The zero-order valence-electron chi connectivity index (χ0n) is 6.43. The van der Waals surface area contributed by atoms with Gasteiger partial charge in [-0.25, -0.2) is 4.98 Å². The van der Waals surface area contributed by atoms with Crippen LogP contribution in [0.15, 0.2) is 23.3 Å². The Hall–Kier alpha value is -1.78. The second kappa shape index (κ2) is 2.69. The Balaban J connectivity index is 2.43. The Morgan fingerprint density at radius 3 is 2.67 bits per heavy atom. The van der Waals surface area contributed by atoms with Gasteiger partial charge in [-0.15, -0.1) is 0 Å². The van der Waals surface area contributed by atoms with Gasteiger partial charge in [-0.2, -0.15) is 4.98 Å². The topological polar surface area (TPSA) is 64.7 Å². The van der Waals surface area contributed by atoms with Crippen molar-refractivity contribution in [3.8, 4) is 11.5 Å². The zero-order chi connectivity index (χ0) is 8.39. The Kier molecular flexibility index (Phi) is 1.55. The van der Waals surface area contributed by atoms with Crippen molar-refractivity contribution < 1.29 is 4.52 Å². The van der Waals surface area contributed by atoms with Crippen LogP contribution in [0.1, 0.15) is 5.69 Å². The van der Waals surface area contributed by atoms with Crippen LogP contribution >= 0.6 is 0 Å². The molecule has 0 bridgehead atoms. The van der Waals surface area contributed by atoms with E-state index in [4.69, 9.17) is 0 Å². The summed E-state index contributed by atoms with van der Waals surface area (Å²) in [5.74, 6) is 0.461. The van der Waals surface area contributed by atoms with Crippen molar-refractivity contribution in [3.05, 3.63) is 24.5 Å². The monoisotopic (exact) mass is 162 g/mol. The summed E-state index contributed by atoms with van der Waals surface area (Å²) in [6.07, 6.45) is 4.53. The molecule has 0 N–H and O–H groups in total. The molecule has 0 aliphatic heterocycles.